The van der Waals surface area contributed by atoms with E-state index in [1.807, 2.05) is 68.4 Å². The highest BCUT2D eigenvalue weighted by molar-refractivity contribution is 8.15. The molecule has 0 heterocycles. The number of nitrogens with one attached hydrogen (secondary N) is 1. The van der Waals surface area contributed by atoms with Gasteiger partial charge in [-0.2, -0.15) is 0 Å². The summed E-state index contributed by atoms with van der Waals surface area (Å²) in [7, 11) is 4.59. The van der Waals surface area contributed by atoms with Gasteiger partial charge in [-0.15, -0.1) is 11.8 Å². The average Bonchev–Trinajstić information content (AvgIpc) is 3.46. The van der Waals surface area contributed by atoms with E-state index in [2.05, 4.69) is 15.3 Å². The zero-order chi connectivity index (χ0) is 29.9. The van der Waals surface area contributed by atoms with E-state index >= 15 is 0 Å². The Kier molecular flexibility index (Phi) is 12.8. The number of carbonyl (C=O) groups is 3. The van der Waals surface area contributed by atoms with Gasteiger partial charge < -0.3 is 19.7 Å². The van der Waals surface area contributed by atoms with Crippen LogP contribution in [0.15, 0.2) is 70.3 Å². The van der Waals surface area contributed by atoms with Crippen LogP contribution in [0.5, 0.6) is 11.5 Å². The van der Waals surface area contributed by atoms with Gasteiger partial charge in [0.1, 0.15) is 22.6 Å². The van der Waals surface area contributed by atoms with E-state index in [0.29, 0.717) is 5.75 Å². The topological polar surface area (TPSA) is 107 Å². The highest BCUT2D eigenvalue weighted by Gasteiger charge is 2.61. The maximum Gasteiger partial charge on any atom is 0.433 e. The van der Waals surface area contributed by atoms with Crippen LogP contribution in [0.4, 0.5) is 4.79 Å². The number of nitrogens with zero attached hydrogens (tertiary/aromatic N) is 2. The van der Waals surface area contributed by atoms with E-state index in [0.717, 1.165) is 23.1 Å². The first kappa shape index (κ1) is 33.0. The Balaban J connectivity index is 0.000000342. The Morgan fingerprint density at radius 2 is 1.73 bits per heavy atom. The van der Waals surface area contributed by atoms with Gasteiger partial charge in [-0.05, 0) is 53.5 Å². The van der Waals surface area contributed by atoms with Crippen molar-refractivity contribution in [3.8, 4) is 11.5 Å². The first-order chi connectivity index (χ1) is 18.9. The normalized spacial score (nSPS) is 16.9. The molecule has 2 aromatic rings. The Morgan fingerprint density at radius 3 is 2.30 bits per heavy atom. The number of esters is 1. The second kappa shape index (κ2) is 15.5. The van der Waals surface area contributed by atoms with E-state index in [4.69, 9.17) is 32.7 Å². The first-order valence-corrected chi connectivity index (χ1v) is 14.1. The van der Waals surface area contributed by atoms with Crippen molar-refractivity contribution in [3.05, 3.63) is 70.7 Å². The van der Waals surface area contributed by atoms with Crippen LogP contribution >= 0.6 is 35.0 Å². The van der Waals surface area contributed by atoms with Crippen LogP contribution in [0, 0.1) is 17.3 Å². The van der Waals surface area contributed by atoms with E-state index in [9.17, 15) is 14.4 Å². The minimum Gasteiger partial charge on any atom is -0.461 e. The first-order valence-electron chi connectivity index (χ1n) is 12.1. The van der Waals surface area contributed by atoms with Crippen molar-refractivity contribution in [1.29, 1.82) is 0 Å². The highest BCUT2D eigenvalue weighted by Crippen LogP contribution is 2.60. The van der Waals surface area contributed by atoms with Crippen LogP contribution in [0.2, 0.25) is 0 Å². The van der Waals surface area contributed by atoms with Crippen molar-refractivity contribution >= 4 is 58.0 Å². The molecular formula is C28H33Cl2N3O6S. The Morgan fingerprint density at radius 1 is 1.07 bits per heavy atom. The van der Waals surface area contributed by atoms with Gasteiger partial charge in [0.25, 0.3) is 5.91 Å². The van der Waals surface area contributed by atoms with Crippen LogP contribution in [-0.4, -0.2) is 55.3 Å². The third-order valence-electron chi connectivity index (χ3n) is 5.93. The van der Waals surface area contributed by atoms with Gasteiger partial charge in [0, 0.05) is 21.1 Å². The SMILES string of the molecule is CC1(C)C(C=C(Cl)Cl)C1C(=O)OCc1cccc(Oc2ccccc2)c1.CNC(=O)O/N=C(/SC)C(=O)N(C)C. The molecule has 1 aliphatic rings. The maximum absolute atomic E-state index is 12.4. The molecule has 1 fully saturated rings. The van der Waals surface area contributed by atoms with E-state index in [-0.39, 0.29) is 45.3 Å². The summed E-state index contributed by atoms with van der Waals surface area (Å²) in [6, 6.07) is 17.0. The Hall–Kier alpha value is -3.21. The lowest BCUT2D eigenvalue weighted by atomic mass is 10.1. The molecule has 2 amide bonds. The number of benzene rings is 2. The lowest BCUT2D eigenvalue weighted by Crippen LogP contribution is -2.28. The van der Waals surface area contributed by atoms with Crippen LogP contribution in [0.3, 0.4) is 0 Å². The molecule has 0 saturated heterocycles. The molecule has 3 rings (SSSR count). The number of rotatable bonds is 7. The van der Waals surface area contributed by atoms with Crippen LogP contribution in [0.1, 0.15) is 19.4 Å². The van der Waals surface area contributed by atoms with Gasteiger partial charge in [0.2, 0.25) is 5.04 Å². The second-order valence-corrected chi connectivity index (χ2v) is 11.2. The molecule has 0 bridgehead atoms. The minimum absolute atomic E-state index is 0.00717. The van der Waals surface area contributed by atoms with Crippen molar-refractivity contribution in [3.63, 3.8) is 0 Å². The molecule has 2 unspecified atom stereocenters. The summed E-state index contributed by atoms with van der Waals surface area (Å²) in [5.41, 5.74) is 0.678. The molecule has 1 saturated carbocycles. The van der Waals surface area contributed by atoms with Crippen molar-refractivity contribution in [2.45, 2.75) is 20.5 Å². The van der Waals surface area contributed by atoms with Crippen LogP contribution in [0.25, 0.3) is 0 Å². The highest BCUT2D eigenvalue weighted by atomic mass is 35.5. The molecule has 2 atom stereocenters. The quantitative estimate of drug-likeness (QED) is 0.130. The zero-order valence-corrected chi connectivity index (χ0v) is 25.5. The molecular weight excluding hydrogens is 577 g/mol. The maximum atomic E-state index is 12.4. The van der Waals surface area contributed by atoms with Crippen LogP contribution < -0.4 is 10.1 Å². The fourth-order valence-electron chi connectivity index (χ4n) is 3.63. The number of oxime groups is 1. The van der Waals surface area contributed by atoms with Crippen molar-refractivity contribution in [1.82, 2.24) is 10.2 Å². The van der Waals surface area contributed by atoms with Gasteiger partial charge >= 0.3 is 12.1 Å². The number of thioether (sulfide) groups is 1. The molecule has 216 valence electrons. The fraction of sp³-hybridized carbons (Fsp3) is 0.357. The number of amides is 2. The third-order valence-corrected chi connectivity index (χ3v) is 6.81. The summed E-state index contributed by atoms with van der Waals surface area (Å²) >= 11 is 12.6. The van der Waals surface area contributed by atoms with Gasteiger partial charge in [-0.1, -0.05) is 72.5 Å². The smallest absolute Gasteiger partial charge is 0.433 e. The molecule has 0 aromatic heterocycles. The monoisotopic (exact) mass is 609 g/mol. The number of hydrogen-bond donors (Lipinski definition) is 1. The summed E-state index contributed by atoms with van der Waals surface area (Å²) in [5, 5.41) is 5.74. The van der Waals surface area contributed by atoms with Gasteiger partial charge in [0.15, 0.2) is 0 Å². The molecule has 0 radical (unpaired) electrons. The van der Waals surface area contributed by atoms with Crippen molar-refractivity contribution in [2.75, 3.05) is 27.4 Å². The standard InChI is InChI=1S/C21H20Cl2O3.C7H13N3O3S/c1-21(2)17(12-18(22)23)19(21)20(24)25-13-14-7-6-10-16(11-14)26-15-8-4-3-5-9-15;1-8-7(12)13-9-5(14-4)6(11)10(2)3/h3-12,17,19H,13H2,1-2H3;1-4H3,(H,8,12)/b;9-5+. The lowest BCUT2D eigenvalue weighted by Gasteiger charge is -2.09. The molecule has 9 nitrogen and oxygen atoms in total. The van der Waals surface area contributed by atoms with E-state index in [1.54, 1.807) is 26.4 Å². The molecule has 2 aromatic carbocycles. The number of carbonyl (C=O) groups excluding carboxylic acids is 3. The number of halogens is 2. The third kappa shape index (κ3) is 10.1. The molecule has 40 heavy (non-hydrogen) atoms. The summed E-state index contributed by atoms with van der Waals surface area (Å²) in [4.78, 5) is 40.1. The zero-order valence-electron chi connectivity index (χ0n) is 23.1. The summed E-state index contributed by atoms with van der Waals surface area (Å²) < 4.78 is 11.5. The lowest BCUT2D eigenvalue weighted by molar-refractivity contribution is -0.147. The van der Waals surface area contributed by atoms with E-state index in [1.165, 1.54) is 11.9 Å². The molecule has 12 heteroatoms. The Bertz CT molecular complexity index is 1230. The summed E-state index contributed by atoms with van der Waals surface area (Å²) in [6.45, 7) is 4.21. The predicted molar refractivity (Wildman–Crippen MR) is 158 cm³/mol. The molecule has 1 aliphatic carbocycles. The van der Waals surface area contributed by atoms with Crippen LogP contribution in [-0.2, 0) is 25.8 Å². The molecule has 0 aliphatic heterocycles. The number of hydrogen-bond acceptors (Lipinski definition) is 8. The van der Waals surface area contributed by atoms with Crippen molar-refractivity contribution < 1.29 is 28.7 Å². The average molecular weight is 611 g/mol. The Labute approximate surface area is 248 Å². The minimum atomic E-state index is -0.705. The predicted octanol–water partition coefficient (Wildman–Crippen LogP) is 6.22. The fourth-order valence-corrected chi connectivity index (χ4v) is 4.37. The number of ether oxygens (including phenoxy) is 2. The summed E-state index contributed by atoms with van der Waals surface area (Å²) in [6.07, 6.45) is 2.68. The molecule has 0 spiro atoms. The number of para-hydroxylation sites is 1. The van der Waals surface area contributed by atoms with Gasteiger partial charge in [-0.25, -0.2) is 4.79 Å². The molecule has 1 N–H and O–H groups in total. The van der Waals surface area contributed by atoms with E-state index < -0.39 is 6.09 Å². The largest absolute Gasteiger partial charge is 0.461 e. The van der Waals surface area contributed by atoms with Gasteiger partial charge in [0.05, 0.1) is 5.92 Å². The number of allylic oxidation sites excluding steroid dienone is 1. The van der Waals surface area contributed by atoms with Crippen molar-refractivity contribution in [2.24, 2.45) is 22.4 Å². The summed E-state index contributed by atoms with van der Waals surface area (Å²) in [5.74, 6) is 0.702. The van der Waals surface area contributed by atoms with Gasteiger partial charge in [-0.3, -0.25) is 14.4 Å². The second-order valence-electron chi connectivity index (χ2n) is 9.38.